The van der Waals surface area contributed by atoms with Crippen LogP contribution in [0.25, 0.3) is 0 Å². The first-order valence-corrected chi connectivity index (χ1v) is 12.8. The Morgan fingerprint density at radius 1 is 0.625 bits per heavy atom. The Labute approximate surface area is 197 Å². The van der Waals surface area contributed by atoms with Crippen molar-refractivity contribution in [2.45, 2.75) is 63.1 Å². The molecule has 2 unspecified atom stereocenters. The molecular formula is C24H36N2O4S2. The fourth-order valence-corrected chi connectivity index (χ4v) is 4.58. The Kier molecular flexibility index (Phi) is 9.05. The number of ether oxygens (including phenoxy) is 2. The van der Waals surface area contributed by atoms with Gasteiger partial charge in [-0.3, -0.25) is 0 Å². The van der Waals surface area contributed by atoms with Crippen molar-refractivity contribution >= 4 is 22.0 Å². The van der Waals surface area contributed by atoms with E-state index in [0.29, 0.717) is 0 Å². The minimum Gasteiger partial charge on any atom is -0.497 e. The van der Waals surface area contributed by atoms with Gasteiger partial charge in [0, 0.05) is 0 Å². The maximum absolute atomic E-state index is 13.1. The lowest BCUT2D eigenvalue weighted by atomic mass is 9.94. The van der Waals surface area contributed by atoms with Crippen LogP contribution in [0.5, 0.6) is 11.5 Å². The van der Waals surface area contributed by atoms with Crippen LogP contribution in [0.2, 0.25) is 0 Å². The van der Waals surface area contributed by atoms with Crippen LogP contribution < -0.4 is 18.9 Å². The highest BCUT2D eigenvalue weighted by Gasteiger charge is 2.33. The molecule has 0 heterocycles. The summed E-state index contributed by atoms with van der Waals surface area (Å²) in [6, 6.07) is 14.4. The second-order valence-corrected chi connectivity index (χ2v) is 13.5. The van der Waals surface area contributed by atoms with Crippen LogP contribution in [0, 0.1) is 0 Å². The van der Waals surface area contributed by atoms with Gasteiger partial charge in [0.15, 0.2) is 0 Å². The second-order valence-electron chi connectivity index (χ2n) is 9.50. The maximum atomic E-state index is 13.1. The number of rotatable bonds is 9. The van der Waals surface area contributed by atoms with Crippen molar-refractivity contribution in [2.75, 3.05) is 14.2 Å². The van der Waals surface area contributed by atoms with E-state index in [4.69, 9.17) is 9.47 Å². The molecule has 2 aromatic carbocycles. The maximum Gasteiger partial charge on any atom is 0.118 e. The van der Waals surface area contributed by atoms with Gasteiger partial charge in [-0.1, -0.05) is 24.3 Å². The molecule has 0 fully saturated rings. The van der Waals surface area contributed by atoms with Crippen LogP contribution in [0.1, 0.15) is 64.8 Å². The zero-order chi connectivity index (χ0) is 24.1. The quantitative estimate of drug-likeness (QED) is 0.550. The van der Waals surface area contributed by atoms with E-state index in [1.807, 2.05) is 90.1 Å². The highest BCUT2D eigenvalue weighted by Crippen LogP contribution is 2.33. The number of methoxy groups -OCH3 is 2. The van der Waals surface area contributed by atoms with E-state index in [1.54, 1.807) is 14.2 Å². The normalized spacial score (nSPS) is 16.1. The molecule has 0 aliphatic rings. The summed E-state index contributed by atoms with van der Waals surface area (Å²) in [7, 11) is 0.525. The Morgan fingerprint density at radius 3 is 1.12 bits per heavy atom. The van der Waals surface area contributed by atoms with Crippen LogP contribution in [-0.4, -0.2) is 32.1 Å². The zero-order valence-corrected chi connectivity index (χ0v) is 21.9. The summed E-state index contributed by atoms with van der Waals surface area (Å²) in [4.78, 5) is 0. The third-order valence-corrected chi connectivity index (χ3v) is 8.02. The molecule has 0 aromatic heterocycles. The minimum atomic E-state index is -1.36. The SMILES string of the molecule is COc1ccc([C@H](NS(=O)C(C)(C)C)[C@@H](NS(=O)C(C)(C)C)c2ccc(OC)cc2)cc1. The largest absolute Gasteiger partial charge is 0.497 e. The van der Waals surface area contributed by atoms with Gasteiger partial charge in [-0.15, -0.1) is 0 Å². The molecular weight excluding hydrogens is 444 g/mol. The molecule has 0 aliphatic carbocycles. The summed E-state index contributed by atoms with van der Waals surface area (Å²) in [5.41, 5.74) is 1.81. The van der Waals surface area contributed by atoms with Crippen LogP contribution in [-0.2, 0) is 22.0 Å². The van der Waals surface area contributed by atoms with Gasteiger partial charge in [0.1, 0.15) is 11.5 Å². The molecule has 0 bridgehead atoms. The first kappa shape index (κ1) is 26.5. The lowest BCUT2D eigenvalue weighted by molar-refractivity contribution is 0.413. The monoisotopic (exact) mass is 480 g/mol. The predicted molar refractivity (Wildman–Crippen MR) is 134 cm³/mol. The van der Waals surface area contributed by atoms with Crippen molar-refractivity contribution in [3.8, 4) is 11.5 Å². The van der Waals surface area contributed by atoms with E-state index in [9.17, 15) is 8.42 Å². The van der Waals surface area contributed by atoms with Crippen molar-refractivity contribution < 1.29 is 17.9 Å². The summed E-state index contributed by atoms with van der Waals surface area (Å²) in [6.07, 6.45) is 0. The Hall–Kier alpha value is -1.74. The van der Waals surface area contributed by atoms with Crippen LogP contribution in [0.3, 0.4) is 0 Å². The van der Waals surface area contributed by atoms with E-state index in [0.717, 1.165) is 22.6 Å². The summed E-state index contributed by atoms with van der Waals surface area (Å²) in [6.45, 7) is 11.5. The molecule has 0 amide bonds. The van der Waals surface area contributed by atoms with Gasteiger partial charge in [-0.2, -0.15) is 0 Å². The summed E-state index contributed by atoms with van der Waals surface area (Å²) >= 11 is 0. The predicted octanol–water partition coefficient (Wildman–Crippen LogP) is 4.59. The van der Waals surface area contributed by atoms with E-state index in [1.165, 1.54) is 0 Å². The molecule has 32 heavy (non-hydrogen) atoms. The zero-order valence-electron chi connectivity index (χ0n) is 20.2. The molecule has 178 valence electrons. The highest BCUT2D eigenvalue weighted by molar-refractivity contribution is 7.84. The summed E-state index contributed by atoms with van der Waals surface area (Å²) in [5.74, 6) is 1.47. The number of hydrogen-bond acceptors (Lipinski definition) is 4. The molecule has 2 rings (SSSR count). The standard InChI is InChI=1S/C24H36N2O4S2/c1-23(2,3)31(27)25-21(17-9-13-19(29-7)14-10-17)22(26-32(28)24(4,5)6)18-11-15-20(30-8)16-12-18/h9-16,21-22,25-26H,1-8H3/t21-,22-,31?,32?/m0/s1. The molecule has 0 spiro atoms. The van der Waals surface area contributed by atoms with E-state index < -0.39 is 43.5 Å². The molecule has 0 saturated carbocycles. The molecule has 2 N–H and O–H groups in total. The average molecular weight is 481 g/mol. The highest BCUT2D eigenvalue weighted by atomic mass is 32.2. The van der Waals surface area contributed by atoms with Gasteiger partial charge in [-0.05, 0) is 76.9 Å². The van der Waals surface area contributed by atoms with E-state index >= 15 is 0 Å². The molecule has 2 aromatic rings. The molecule has 0 aliphatic heterocycles. The van der Waals surface area contributed by atoms with Crippen molar-refractivity contribution in [1.82, 2.24) is 9.44 Å². The first-order chi connectivity index (χ1) is 14.9. The minimum absolute atomic E-state index is 0.416. The van der Waals surface area contributed by atoms with Crippen molar-refractivity contribution in [3.63, 3.8) is 0 Å². The van der Waals surface area contributed by atoms with Gasteiger partial charge in [0.25, 0.3) is 0 Å². The van der Waals surface area contributed by atoms with Crippen LogP contribution in [0.15, 0.2) is 48.5 Å². The molecule has 4 atom stereocenters. The molecule has 0 radical (unpaired) electrons. The number of nitrogens with one attached hydrogen (secondary N) is 2. The fraction of sp³-hybridized carbons (Fsp3) is 0.500. The fourth-order valence-electron chi connectivity index (χ4n) is 2.86. The third-order valence-electron chi connectivity index (χ3n) is 4.86. The van der Waals surface area contributed by atoms with E-state index in [-0.39, 0.29) is 0 Å². The topological polar surface area (TPSA) is 76.7 Å². The first-order valence-electron chi connectivity index (χ1n) is 10.5. The molecule has 8 heteroatoms. The number of hydrogen-bond donors (Lipinski definition) is 2. The second kappa shape index (κ2) is 10.9. The van der Waals surface area contributed by atoms with E-state index in [2.05, 4.69) is 9.44 Å². The Balaban J connectivity index is 2.58. The Bertz CT molecular complexity index is 840. The van der Waals surface area contributed by atoms with Gasteiger partial charge in [-0.25, -0.2) is 17.9 Å². The molecule has 6 nitrogen and oxygen atoms in total. The van der Waals surface area contributed by atoms with Gasteiger partial charge < -0.3 is 9.47 Å². The van der Waals surface area contributed by atoms with Gasteiger partial charge in [0.2, 0.25) is 0 Å². The average Bonchev–Trinajstić information content (AvgIpc) is 2.74. The van der Waals surface area contributed by atoms with Crippen molar-refractivity contribution in [2.24, 2.45) is 0 Å². The lowest BCUT2D eigenvalue weighted by Crippen LogP contribution is -2.44. The van der Waals surface area contributed by atoms with Gasteiger partial charge in [0.05, 0.1) is 57.8 Å². The van der Waals surface area contributed by atoms with Gasteiger partial charge >= 0.3 is 0 Å². The lowest BCUT2D eigenvalue weighted by Gasteiger charge is -2.33. The van der Waals surface area contributed by atoms with Crippen molar-refractivity contribution in [1.29, 1.82) is 0 Å². The Morgan fingerprint density at radius 2 is 0.906 bits per heavy atom. The van der Waals surface area contributed by atoms with Crippen LogP contribution >= 0.6 is 0 Å². The summed E-state index contributed by atoms with van der Waals surface area (Å²) in [5, 5.41) is 0. The number of benzene rings is 2. The summed E-state index contributed by atoms with van der Waals surface area (Å²) < 4.78 is 42.5. The molecule has 0 saturated heterocycles. The van der Waals surface area contributed by atoms with Crippen molar-refractivity contribution in [3.05, 3.63) is 59.7 Å². The third kappa shape index (κ3) is 7.13. The van der Waals surface area contributed by atoms with Crippen LogP contribution in [0.4, 0.5) is 0 Å². The smallest absolute Gasteiger partial charge is 0.118 e.